The predicted octanol–water partition coefficient (Wildman–Crippen LogP) is 6.01. The van der Waals surface area contributed by atoms with Crippen molar-refractivity contribution in [3.63, 3.8) is 0 Å². The van der Waals surface area contributed by atoms with Crippen molar-refractivity contribution in [3.05, 3.63) is 53.2 Å². The van der Waals surface area contributed by atoms with E-state index in [-0.39, 0.29) is 11.9 Å². The summed E-state index contributed by atoms with van der Waals surface area (Å²) in [6.07, 6.45) is 6.07. The van der Waals surface area contributed by atoms with Crippen molar-refractivity contribution < 1.29 is 4.79 Å². The molecule has 1 aromatic carbocycles. The maximum atomic E-state index is 12.9. The average Bonchev–Trinajstić information content (AvgIpc) is 3.45. The lowest BCUT2D eigenvalue weighted by atomic mass is 10.0. The average molecular weight is 506 g/mol. The molecule has 1 aliphatic rings. The minimum atomic E-state index is 0.0438. The Morgan fingerprint density at radius 2 is 2.03 bits per heavy atom. The quantitative estimate of drug-likeness (QED) is 0.273. The molecule has 0 saturated heterocycles. The van der Waals surface area contributed by atoms with Crippen LogP contribution in [-0.4, -0.2) is 35.0 Å². The van der Waals surface area contributed by atoms with Crippen LogP contribution >= 0.6 is 22.7 Å². The lowest BCUT2D eigenvalue weighted by Gasteiger charge is -2.20. The van der Waals surface area contributed by atoms with Gasteiger partial charge in [-0.15, -0.1) is 22.7 Å². The van der Waals surface area contributed by atoms with Crippen LogP contribution in [-0.2, 0) is 11.2 Å². The fourth-order valence-electron chi connectivity index (χ4n) is 4.43. The van der Waals surface area contributed by atoms with E-state index >= 15 is 0 Å². The molecule has 1 aliphatic heterocycles. The van der Waals surface area contributed by atoms with Crippen molar-refractivity contribution in [2.24, 2.45) is 0 Å². The largest absolute Gasteiger partial charge is 0.317 e. The highest BCUT2D eigenvalue weighted by atomic mass is 32.1. The molecule has 0 bridgehead atoms. The molecule has 0 spiro atoms. The second kappa shape index (κ2) is 10.5. The van der Waals surface area contributed by atoms with Gasteiger partial charge in [0.1, 0.15) is 10.0 Å². The number of nitrogens with one attached hydrogen (secondary N) is 3. The minimum absolute atomic E-state index is 0.0438. The topological polar surface area (TPSA) is 78.9 Å². The second-order valence-electron chi connectivity index (χ2n) is 9.07. The highest BCUT2D eigenvalue weighted by Gasteiger charge is 2.28. The molecule has 6 nitrogen and oxygen atoms in total. The zero-order valence-electron chi connectivity index (χ0n) is 20.4. The molecule has 3 N–H and O–H groups in total. The molecule has 5 rings (SSSR count). The standard InChI is InChI=1S/C27H31N5OS2/c1-4-16(2)29-14-10-23(33)32-27-24(20-9-13-30-17(3)25(20)35-27)26-31-21-15-19(5-6-22(21)34-26)18-7-11-28-12-8-18/h5-8,11-12,15-17,29-30H,4,9-10,13-14H2,1-3H3,(H,32,33)/t16?,17-/m1/s1. The zero-order valence-corrected chi connectivity index (χ0v) is 22.0. The van der Waals surface area contributed by atoms with Crippen molar-refractivity contribution >= 4 is 43.8 Å². The van der Waals surface area contributed by atoms with Gasteiger partial charge in [-0.1, -0.05) is 13.0 Å². The zero-order chi connectivity index (χ0) is 24.4. The number of pyridine rings is 1. The molecule has 0 aliphatic carbocycles. The number of benzene rings is 1. The Hall–Kier alpha value is -2.65. The highest BCUT2D eigenvalue weighted by Crippen LogP contribution is 2.47. The van der Waals surface area contributed by atoms with Gasteiger partial charge >= 0.3 is 0 Å². The van der Waals surface area contributed by atoms with Crippen LogP contribution < -0.4 is 16.0 Å². The van der Waals surface area contributed by atoms with Crippen molar-refractivity contribution in [3.8, 4) is 21.7 Å². The van der Waals surface area contributed by atoms with Crippen LogP contribution in [0.3, 0.4) is 0 Å². The van der Waals surface area contributed by atoms with Crippen LogP contribution in [0.4, 0.5) is 5.00 Å². The highest BCUT2D eigenvalue weighted by molar-refractivity contribution is 7.23. The van der Waals surface area contributed by atoms with Gasteiger partial charge in [0.15, 0.2) is 0 Å². The first-order valence-corrected chi connectivity index (χ1v) is 13.9. The van der Waals surface area contributed by atoms with E-state index in [0.29, 0.717) is 19.0 Å². The number of aromatic nitrogens is 2. The molecular formula is C27H31N5OS2. The molecule has 182 valence electrons. The SMILES string of the molecule is CCC(C)NCCC(=O)Nc1sc2c(c1-c1nc3cc(-c4ccncc4)ccc3s1)CCN[C@@H]2C. The van der Waals surface area contributed by atoms with Crippen LogP contribution in [0.2, 0.25) is 0 Å². The summed E-state index contributed by atoms with van der Waals surface area (Å²) in [6.45, 7) is 8.09. The van der Waals surface area contributed by atoms with Gasteiger partial charge in [-0.2, -0.15) is 0 Å². The van der Waals surface area contributed by atoms with Crippen molar-refractivity contribution in [2.75, 3.05) is 18.4 Å². The van der Waals surface area contributed by atoms with Crippen molar-refractivity contribution in [2.45, 2.75) is 52.1 Å². The third-order valence-electron chi connectivity index (χ3n) is 6.58. The van der Waals surface area contributed by atoms with E-state index in [9.17, 15) is 4.79 Å². The lowest BCUT2D eigenvalue weighted by molar-refractivity contribution is -0.116. The molecular weight excluding hydrogens is 474 g/mol. The molecule has 0 radical (unpaired) electrons. The Bertz CT molecular complexity index is 1330. The van der Waals surface area contributed by atoms with Crippen LogP contribution in [0.1, 0.15) is 50.1 Å². The monoisotopic (exact) mass is 505 g/mol. The molecule has 1 amide bonds. The number of amides is 1. The first-order valence-electron chi connectivity index (χ1n) is 12.3. The molecule has 1 unspecified atom stereocenters. The normalized spacial score (nSPS) is 16.3. The van der Waals surface area contributed by atoms with E-state index in [1.54, 1.807) is 22.7 Å². The van der Waals surface area contributed by atoms with Gasteiger partial charge in [-0.25, -0.2) is 4.98 Å². The fraction of sp³-hybridized carbons (Fsp3) is 0.370. The van der Waals surface area contributed by atoms with Gasteiger partial charge < -0.3 is 16.0 Å². The number of thiophene rings is 1. The molecule has 2 atom stereocenters. The number of thiazole rings is 1. The van der Waals surface area contributed by atoms with Crippen LogP contribution in [0.25, 0.3) is 31.9 Å². The van der Waals surface area contributed by atoms with E-state index in [1.807, 2.05) is 24.5 Å². The number of fused-ring (bicyclic) bond motifs is 2. The molecule has 35 heavy (non-hydrogen) atoms. The summed E-state index contributed by atoms with van der Waals surface area (Å²) < 4.78 is 1.15. The summed E-state index contributed by atoms with van der Waals surface area (Å²) in [5.41, 5.74) is 5.67. The second-order valence-corrected chi connectivity index (χ2v) is 11.2. The predicted molar refractivity (Wildman–Crippen MR) is 147 cm³/mol. The van der Waals surface area contributed by atoms with Crippen LogP contribution in [0.5, 0.6) is 0 Å². The first kappa shape index (κ1) is 24.1. The molecule has 4 aromatic rings. The summed E-state index contributed by atoms with van der Waals surface area (Å²) in [6, 6.07) is 11.2. The van der Waals surface area contributed by atoms with E-state index in [0.717, 1.165) is 56.3 Å². The molecule has 4 heterocycles. The number of hydrogen-bond donors (Lipinski definition) is 3. The van der Waals surface area contributed by atoms with Gasteiger partial charge in [-0.05, 0) is 74.2 Å². The number of carbonyl (C=O) groups is 1. The molecule has 8 heteroatoms. The summed E-state index contributed by atoms with van der Waals surface area (Å²) in [4.78, 5) is 23.3. The number of hydrogen-bond acceptors (Lipinski definition) is 7. The van der Waals surface area contributed by atoms with Crippen LogP contribution in [0, 0.1) is 0 Å². The summed E-state index contributed by atoms with van der Waals surface area (Å²) in [5.74, 6) is 0.0438. The van der Waals surface area contributed by atoms with Crippen molar-refractivity contribution in [1.82, 2.24) is 20.6 Å². The Morgan fingerprint density at radius 3 is 2.83 bits per heavy atom. The Kier molecular flexibility index (Phi) is 7.24. The number of carbonyl (C=O) groups excluding carboxylic acids is 1. The van der Waals surface area contributed by atoms with Gasteiger partial charge in [-0.3, -0.25) is 9.78 Å². The smallest absolute Gasteiger partial charge is 0.226 e. The molecule has 3 aromatic heterocycles. The van der Waals surface area contributed by atoms with E-state index in [2.05, 4.69) is 59.9 Å². The molecule has 0 fully saturated rings. The van der Waals surface area contributed by atoms with Gasteiger partial charge in [0.05, 0.1) is 10.2 Å². The van der Waals surface area contributed by atoms with E-state index in [1.165, 1.54) is 10.4 Å². The minimum Gasteiger partial charge on any atom is -0.317 e. The molecule has 0 saturated carbocycles. The Balaban J connectivity index is 1.48. The third-order valence-corrected chi connectivity index (χ3v) is 8.97. The maximum Gasteiger partial charge on any atom is 0.226 e. The maximum absolute atomic E-state index is 12.9. The summed E-state index contributed by atoms with van der Waals surface area (Å²) in [5, 5.41) is 12.1. The van der Waals surface area contributed by atoms with E-state index in [4.69, 9.17) is 4.98 Å². The summed E-state index contributed by atoms with van der Waals surface area (Å²) in [7, 11) is 0. The van der Waals surface area contributed by atoms with E-state index < -0.39 is 0 Å². The van der Waals surface area contributed by atoms with Gasteiger partial charge in [0.2, 0.25) is 5.91 Å². The third kappa shape index (κ3) is 5.16. The summed E-state index contributed by atoms with van der Waals surface area (Å²) >= 11 is 3.39. The van der Waals surface area contributed by atoms with Crippen LogP contribution in [0.15, 0.2) is 42.7 Å². The lowest BCUT2D eigenvalue weighted by Crippen LogP contribution is -2.28. The number of nitrogens with zero attached hydrogens (tertiary/aromatic N) is 2. The first-order chi connectivity index (χ1) is 17.0. The Labute approximate surface area is 214 Å². The number of anilines is 1. The fourth-order valence-corrected chi connectivity index (χ4v) is 6.81. The van der Waals surface area contributed by atoms with Gasteiger partial charge in [0.25, 0.3) is 0 Å². The number of rotatable bonds is 8. The van der Waals surface area contributed by atoms with Gasteiger partial charge in [0, 0.05) is 47.9 Å². The van der Waals surface area contributed by atoms with Crippen molar-refractivity contribution in [1.29, 1.82) is 0 Å². The Morgan fingerprint density at radius 1 is 1.20 bits per heavy atom.